The number of aryl methyl sites for hydroxylation is 1. The topological polar surface area (TPSA) is 106 Å². The molecule has 8 nitrogen and oxygen atoms in total. The number of hydrogen-bond donors (Lipinski definition) is 2. The number of halogens is 3. The zero-order chi connectivity index (χ0) is 21.8. The lowest BCUT2D eigenvalue weighted by Crippen LogP contribution is -2.37. The molecular formula is C18H22F3N5O3S. The molecule has 0 saturated carbocycles. The van der Waals surface area contributed by atoms with E-state index in [1.807, 2.05) is 4.72 Å². The standard InChI is InChI=1S/C18H22F3N5O3S/c19-18(20,21)13-5-4-6-14(11-13)30(28,29)23-12-17(27)22-9-8-16-25-24-15-7-2-1-3-10-26(15)16/h4-6,11,23H,1-3,7-10,12H2,(H,22,27). The smallest absolute Gasteiger partial charge is 0.355 e. The van der Waals surface area contributed by atoms with Crippen molar-refractivity contribution in [3.8, 4) is 0 Å². The summed E-state index contributed by atoms with van der Waals surface area (Å²) in [5.74, 6) is 1.10. The lowest BCUT2D eigenvalue weighted by molar-refractivity contribution is -0.137. The first-order valence-corrected chi connectivity index (χ1v) is 11.0. The predicted octanol–water partition coefficient (Wildman–Crippen LogP) is 1.66. The molecular weight excluding hydrogens is 423 g/mol. The van der Waals surface area contributed by atoms with Crippen LogP contribution in [-0.4, -0.2) is 42.2 Å². The van der Waals surface area contributed by atoms with Gasteiger partial charge in [0.25, 0.3) is 0 Å². The summed E-state index contributed by atoms with van der Waals surface area (Å²) in [7, 11) is -4.26. The number of hydrogen-bond acceptors (Lipinski definition) is 5. The van der Waals surface area contributed by atoms with Gasteiger partial charge in [-0.05, 0) is 31.0 Å². The molecule has 1 aromatic carbocycles. The third-order valence-corrected chi connectivity index (χ3v) is 6.15. The number of nitrogens with zero attached hydrogens (tertiary/aromatic N) is 3. The van der Waals surface area contributed by atoms with E-state index < -0.39 is 39.1 Å². The number of alkyl halides is 3. The molecule has 0 spiro atoms. The first-order chi connectivity index (χ1) is 14.2. The second-order valence-corrected chi connectivity index (χ2v) is 8.71. The van der Waals surface area contributed by atoms with Gasteiger partial charge in [-0.2, -0.15) is 13.2 Å². The van der Waals surface area contributed by atoms with Crippen molar-refractivity contribution in [2.45, 2.75) is 49.7 Å². The van der Waals surface area contributed by atoms with Crippen LogP contribution in [0, 0.1) is 0 Å². The molecule has 1 aromatic heterocycles. The van der Waals surface area contributed by atoms with Gasteiger partial charge < -0.3 is 9.88 Å². The lowest BCUT2D eigenvalue weighted by atomic mass is 10.2. The van der Waals surface area contributed by atoms with Crippen molar-refractivity contribution in [3.63, 3.8) is 0 Å². The maximum atomic E-state index is 12.8. The molecule has 164 valence electrons. The van der Waals surface area contributed by atoms with E-state index in [9.17, 15) is 26.4 Å². The number of nitrogens with one attached hydrogen (secondary N) is 2. The van der Waals surface area contributed by atoms with Crippen LogP contribution >= 0.6 is 0 Å². The fourth-order valence-electron chi connectivity index (χ4n) is 3.19. The van der Waals surface area contributed by atoms with E-state index in [-0.39, 0.29) is 6.54 Å². The fraction of sp³-hybridized carbons (Fsp3) is 0.500. The number of carbonyl (C=O) groups excluding carboxylic acids is 1. The Morgan fingerprint density at radius 2 is 1.97 bits per heavy atom. The van der Waals surface area contributed by atoms with Gasteiger partial charge in [0.15, 0.2) is 0 Å². The van der Waals surface area contributed by atoms with Crippen LogP contribution in [0.5, 0.6) is 0 Å². The van der Waals surface area contributed by atoms with Gasteiger partial charge in [-0.25, -0.2) is 13.1 Å². The molecule has 0 unspecified atom stereocenters. The minimum atomic E-state index is -4.66. The van der Waals surface area contributed by atoms with Crippen LogP contribution < -0.4 is 10.0 Å². The lowest BCUT2D eigenvalue weighted by Gasteiger charge is -2.11. The van der Waals surface area contributed by atoms with Gasteiger partial charge in [-0.15, -0.1) is 10.2 Å². The molecule has 1 aliphatic heterocycles. The number of amides is 1. The maximum absolute atomic E-state index is 12.8. The Bertz CT molecular complexity index is 1000. The van der Waals surface area contributed by atoms with E-state index in [4.69, 9.17) is 0 Å². The summed E-state index contributed by atoms with van der Waals surface area (Å²) in [4.78, 5) is 11.4. The Morgan fingerprint density at radius 1 is 1.17 bits per heavy atom. The highest BCUT2D eigenvalue weighted by Gasteiger charge is 2.31. The molecule has 0 bridgehead atoms. The molecule has 1 amide bonds. The first kappa shape index (κ1) is 22.2. The van der Waals surface area contributed by atoms with Crippen molar-refractivity contribution in [3.05, 3.63) is 41.5 Å². The molecule has 2 N–H and O–H groups in total. The number of sulfonamides is 1. The quantitative estimate of drug-likeness (QED) is 0.674. The minimum Gasteiger partial charge on any atom is -0.355 e. The molecule has 0 saturated heterocycles. The number of benzene rings is 1. The summed E-state index contributed by atoms with van der Waals surface area (Å²) in [6.07, 6.45) is -0.104. The van der Waals surface area contributed by atoms with Gasteiger partial charge in [0.05, 0.1) is 17.0 Å². The summed E-state index contributed by atoms with van der Waals surface area (Å²) < 4.78 is 66.7. The first-order valence-electron chi connectivity index (χ1n) is 9.51. The van der Waals surface area contributed by atoms with E-state index in [2.05, 4.69) is 20.1 Å². The molecule has 3 rings (SSSR count). The van der Waals surface area contributed by atoms with Gasteiger partial charge in [0, 0.05) is 25.9 Å². The van der Waals surface area contributed by atoms with Crippen LogP contribution in [0.3, 0.4) is 0 Å². The van der Waals surface area contributed by atoms with E-state index in [1.54, 1.807) is 0 Å². The number of rotatable bonds is 7. The van der Waals surface area contributed by atoms with E-state index >= 15 is 0 Å². The molecule has 0 radical (unpaired) electrons. The average molecular weight is 445 g/mol. The number of carbonyl (C=O) groups is 1. The van der Waals surface area contributed by atoms with E-state index in [0.717, 1.165) is 62.1 Å². The largest absolute Gasteiger partial charge is 0.416 e. The highest BCUT2D eigenvalue weighted by Crippen LogP contribution is 2.30. The van der Waals surface area contributed by atoms with Crippen molar-refractivity contribution >= 4 is 15.9 Å². The zero-order valence-electron chi connectivity index (χ0n) is 16.1. The third-order valence-electron chi connectivity index (χ3n) is 4.75. The summed E-state index contributed by atoms with van der Waals surface area (Å²) in [5.41, 5.74) is -1.08. The van der Waals surface area contributed by atoms with Crippen molar-refractivity contribution < 1.29 is 26.4 Å². The van der Waals surface area contributed by atoms with E-state index in [0.29, 0.717) is 12.5 Å². The average Bonchev–Trinajstić information content (AvgIpc) is 2.92. The Balaban J connectivity index is 1.51. The summed E-state index contributed by atoms with van der Waals surface area (Å²) in [6.45, 7) is 0.487. The molecule has 30 heavy (non-hydrogen) atoms. The van der Waals surface area contributed by atoms with Gasteiger partial charge >= 0.3 is 6.18 Å². The third kappa shape index (κ3) is 5.57. The maximum Gasteiger partial charge on any atom is 0.416 e. The monoisotopic (exact) mass is 445 g/mol. The Morgan fingerprint density at radius 3 is 2.73 bits per heavy atom. The second kappa shape index (κ2) is 9.13. The SMILES string of the molecule is O=C(CNS(=O)(=O)c1cccc(C(F)(F)F)c1)NCCc1nnc2n1CCCCC2. The van der Waals surface area contributed by atoms with Gasteiger partial charge in [0.2, 0.25) is 15.9 Å². The molecule has 0 aliphatic carbocycles. The van der Waals surface area contributed by atoms with Crippen LogP contribution in [0.1, 0.15) is 36.5 Å². The van der Waals surface area contributed by atoms with E-state index in [1.165, 1.54) is 0 Å². The van der Waals surface area contributed by atoms with Crippen molar-refractivity contribution in [2.75, 3.05) is 13.1 Å². The molecule has 12 heteroatoms. The van der Waals surface area contributed by atoms with Gasteiger partial charge in [0.1, 0.15) is 11.6 Å². The van der Waals surface area contributed by atoms with Crippen LogP contribution in [-0.2, 0) is 40.4 Å². The van der Waals surface area contributed by atoms with Gasteiger partial charge in [-0.3, -0.25) is 4.79 Å². The Hall–Kier alpha value is -2.47. The summed E-state index contributed by atoms with van der Waals surface area (Å²) in [5, 5.41) is 10.9. The van der Waals surface area contributed by atoms with Gasteiger partial charge in [-0.1, -0.05) is 12.5 Å². The second-order valence-electron chi connectivity index (χ2n) is 6.94. The minimum absolute atomic E-state index is 0.238. The molecule has 2 heterocycles. The molecule has 0 fully saturated rings. The Kier molecular flexibility index (Phi) is 6.76. The summed E-state index contributed by atoms with van der Waals surface area (Å²) >= 11 is 0. The van der Waals surface area contributed by atoms with Crippen LogP contribution in [0.2, 0.25) is 0 Å². The number of fused-ring (bicyclic) bond motifs is 1. The highest BCUT2D eigenvalue weighted by molar-refractivity contribution is 7.89. The molecule has 1 aliphatic rings. The van der Waals surface area contributed by atoms with Crippen molar-refractivity contribution in [1.82, 2.24) is 24.8 Å². The highest BCUT2D eigenvalue weighted by atomic mass is 32.2. The van der Waals surface area contributed by atoms with Crippen molar-refractivity contribution in [1.29, 1.82) is 0 Å². The Labute approximate surface area is 171 Å². The summed E-state index contributed by atoms with van der Waals surface area (Å²) in [6, 6.07) is 3.33. The fourth-order valence-corrected chi connectivity index (χ4v) is 4.22. The zero-order valence-corrected chi connectivity index (χ0v) is 16.9. The molecule has 0 atom stereocenters. The molecule has 2 aromatic rings. The number of aromatic nitrogens is 3. The normalized spacial score (nSPS) is 14.8. The van der Waals surface area contributed by atoms with Crippen LogP contribution in [0.25, 0.3) is 0 Å². The van der Waals surface area contributed by atoms with Crippen molar-refractivity contribution in [2.24, 2.45) is 0 Å². The van der Waals surface area contributed by atoms with Crippen LogP contribution in [0.15, 0.2) is 29.2 Å². The predicted molar refractivity (Wildman–Crippen MR) is 101 cm³/mol. The van der Waals surface area contributed by atoms with Crippen LogP contribution in [0.4, 0.5) is 13.2 Å².